The zero-order valence-electron chi connectivity index (χ0n) is 11.1. The summed E-state index contributed by atoms with van der Waals surface area (Å²) < 4.78 is 0. The van der Waals surface area contributed by atoms with E-state index in [9.17, 15) is 0 Å². The number of allylic oxidation sites excluding steroid dienone is 5. The Labute approximate surface area is 105 Å². The molecule has 17 heavy (non-hydrogen) atoms. The molecule has 1 aromatic rings. The first-order valence-electron chi connectivity index (χ1n) is 6.17. The van der Waals surface area contributed by atoms with E-state index >= 15 is 0 Å². The maximum atomic E-state index is 3.71. The van der Waals surface area contributed by atoms with Crippen molar-refractivity contribution >= 4 is 0 Å². The molecule has 0 saturated carbocycles. The van der Waals surface area contributed by atoms with Crippen LogP contribution in [0.4, 0.5) is 0 Å². The number of hydrogen-bond acceptors (Lipinski definition) is 0. The smallest absolute Gasteiger partial charge is 0.000448 e. The van der Waals surface area contributed by atoms with E-state index in [-0.39, 0.29) is 0 Å². The van der Waals surface area contributed by atoms with Gasteiger partial charge in [-0.25, -0.2) is 0 Å². The molecule has 0 bridgehead atoms. The van der Waals surface area contributed by atoms with Crippen LogP contribution in [0, 0.1) is 0 Å². The Hall–Kier alpha value is -1.56. The summed E-state index contributed by atoms with van der Waals surface area (Å²) in [4.78, 5) is 0. The van der Waals surface area contributed by atoms with Crippen LogP contribution < -0.4 is 0 Å². The third kappa shape index (κ3) is 4.07. The lowest BCUT2D eigenvalue weighted by atomic mass is 9.92. The average molecular weight is 226 g/mol. The first kappa shape index (κ1) is 13.5. The van der Waals surface area contributed by atoms with Crippen LogP contribution >= 0.6 is 0 Å². The van der Waals surface area contributed by atoms with Crippen LogP contribution in [0.25, 0.3) is 0 Å². The van der Waals surface area contributed by atoms with E-state index in [0.29, 0.717) is 5.92 Å². The molecule has 0 nitrogen and oxygen atoms in total. The molecular weight excluding hydrogens is 204 g/mol. The average Bonchev–Trinajstić information content (AvgIpc) is 2.36. The largest absolute Gasteiger partial charge is 0.0991 e. The third-order valence-corrected chi connectivity index (χ3v) is 3.04. The highest BCUT2D eigenvalue weighted by Gasteiger charge is 2.07. The molecule has 0 spiro atoms. The molecule has 0 aliphatic rings. The first-order valence-corrected chi connectivity index (χ1v) is 6.17. The fourth-order valence-corrected chi connectivity index (χ4v) is 1.89. The highest BCUT2D eigenvalue weighted by molar-refractivity contribution is 5.35. The summed E-state index contributed by atoms with van der Waals surface area (Å²) in [5.41, 5.74) is 4.24. The van der Waals surface area contributed by atoms with Gasteiger partial charge in [-0.05, 0) is 37.3 Å². The van der Waals surface area contributed by atoms with Gasteiger partial charge in [0.1, 0.15) is 0 Å². The first-order chi connectivity index (χ1) is 8.19. The van der Waals surface area contributed by atoms with Crippen LogP contribution in [0.1, 0.15) is 37.8 Å². The minimum atomic E-state index is 0.439. The summed E-state index contributed by atoms with van der Waals surface area (Å²) in [5, 5.41) is 0. The van der Waals surface area contributed by atoms with Crippen LogP contribution in [0.3, 0.4) is 0 Å². The van der Waals surface area contributed by atoms with E-state index in [0.717, 1.165) is 6.42 Å². The molecule has 0 heteroatoms. The molecule has 0 aliphatic carbocycles. The van der Waals surface area contributed by atoms with Gasteiger partial charge in [0.15, 0.2) is 0 Å². The quantitative estimate of drug-likeness (QED) is 0.487. The van der Waals surface area contributed by atoms with E-state index in [4.69, 9.17) is 0 Å². The Morgan fingerprint density at radius 2 is 2.06 bits per heavy atom. The zero-order valence-corrected chi connectivity index (χ0v) is 11.1. The van der Waals surface area contributed by atoms with Crippen LogP contribution in [-0.4, -0.2) is 0 Å². The van der Waals surface area contributed by atoms with Crippen molar-refractivity contribution in [3.05, 3.63) is 71.8 Å². The highest BCUT2D eigenvalue weighted by Crippen LogP contribution is 2.23. The topological polar surface area (TPSA) is 0 Å². The van der Waals surface area contributed by atoms with Gasteiger partial charge < -0.3 is 0 Å². The predicted octanol–water partition coefficient (Wildman–Crippen LogP) is 5.04. The fraction of sp³-hybridized carbons (Fsp3) is 0.294. The van der Waals surface area contributed by atoms with Gasteiger partial charge in [-0.15, -0.1) is 0 Å². The maximum absolute atomic E-state index is 3.71. The summed E-state index contributed by atoms with van der Waals surface area (Å²) in [6.45, 7) is 10.2. The minimum Gasteiger partial charge on any atom is -0.0991 e. The van der Waals surface area contributed by atoms with Crippen molar-refractivity contribution < 1.29 is 0 Å². The van der Waals surface area contributed by atoms with Gasteiger partial charge in [0.2, 0.25) is 0 Å². The normalized spacial score (nSPS) is 13.9. The molecule has 0 amide bonds. The van der Waals surface area contributed by atoms with E-state index < -0.39 is 0 Å². The van der Waals surface area contributed by atoms with E-state index in [1.54, 1.807) is 0 Å². The standard InChI is InChI=1S/C17H22/c1-5-7-10-15(4)17-12-9-8-11-16(17)13-14(3)6-2/h5-12,15H,1,13H2,2-4H3/b10-7+,14-6-. The summed E-state index contributed by atoms with van der Waals surface area (Å²) in [5.74, 6) is 0.439. The lowest BCUT2D eigenvalue weighted by Crippen LogP contribution is -1.98. The summed E-state index contributed by atoms with van der Waals surface area (Å²) >= 11 is 0. The molecule has 0 radical (unpaired) electrons. The van der Waals surface area contributed by atoms with Crippen LogP contribution in [0.15, 0.2) is 60.7 Å². The molecule has 0 heterocycles. The van der Waals surface area contributed by atoms with Crippen molar-refractivity contribution in [2.45, 2.75) is 33.1 Å². The number of benzene rings is 1. The molecule has 1 aromatic carbocycles. The van der Waals surface area contributed by atoms with Gasteiger partial charge in [0, 0.05) is 0 Å². The van der Waals surface area contributed by atoms with Gasteiger partial charge in [-0.2, -0.15) is 0 Å². The van der Waals surface area contributed by atoms with Gasteiger partial charge >= 0.3 is 0 Å². The molecule has 0 aliphatic heterocycles. The molecule has 0 saturated heterocycles. The van der Waals surface area contributed by atoms with Gasteiger partial charge in [-0.1, -0.05) is 67.6 Å². The van der Waals surface area contributed by atoms with Crippen LogP contribution in [-0.2, 0) is 6.42 Å². The molecular formula is C17H22. The molecule has 0 fully saturated rings. The molecule has 1 rings (SSSR count). The number of rotatable bonds is 5. The summed E-state index contributed by atoms with van der Waals surface area (Å²) in [6, 6.07) is 8.67. The van der Waals surface area contributed by atoms with E-state index in [2.05, 4.69) is 63.8 Å². The van der Waals surface area contributed by atoms with Crippen LogP contribution in [0.2, 0.25) is 0 Å². The van der Waals surface area contributed by atoms with Crippen molar-refractivity contribution in [2.24, 2.45) is 0 Å². The lowest BCUT2D eigenvalue weighted by molar-refractivity contribution is 0.932. The van der Waals surface area contributed by atoms with Gasteiger partial charge in [0.05, 0.1) is 0 Å². The predicted molar refractivity (Wildman–Crippen MR) is 77.3 cm³/mol. The van der Waals surface area contributed by atoms with E-state index in [1.807, 2.05) is 12.2 Å². The minimum absolute atomic E-state index is 0.439. The fourth-order valence-electron chi connectivity index (χ4n) is 1.89. The second-order valence-corrected chi connectivity index (χ2v) is 4.42. The third-order valence-electron chi connectivity index (χ3n) is 3.04. The second-order valence-electron chi connectivity index (χ2n) is 4.42. The van der Waals surface area contributed by atoms with E-state index in [1.165, 1.54) is 16.7 Å². The van der Waals surface area contributed by atoms with Crippen molar-refractivity contribution in [1.82, 2.24) is 0 Å². The Morgan fingerprint density at radius 1 is 1.35 bits per heavy atom. The molecule has 0 aromatic heterocycles. The molecule has 90 valence electrons. The maximum Gasteiger partial charge on any atom is -0.000448 e. The van der Waals surface area contributed by atoms with Gasteiger partial charge in [-0.3, -0.25) is 0 Å². The highest BCUT2D eigenvalue weighted by atomic mass is 14.1. The SMILES string of the molecule is C=C/C=C/C(C)c1ccccc1C/C(C)=C\C. The van der Waals surface area contributed by atoms with Crippen molar-refractivity contribution in [3.63, 3.8) is 0 Å². The Bertz CT molecular complexity index is 421. The van der Waals surface area contributed by atoms with Crippen LogP contribution in [0.5, 0.6) is 0 Å². The lowest BCUT2D eigenvalue weighted by Gasteiger charge is -2.13. The Balaban J connectivity index is 2.98. The van der Waals surface area contributed by atoms with Crippen molar-refractivity contribution in [3.8, 4) is 0 Å². The molecule has 1 atom stereocenters. The zero-order chi connectivity index (χ0) is 12.7. The second kappa shape index (κ2) is 6.90. The number of hydrogen-bond donors (Lipinski definition) is 0. The Kier molecular flexibility index (Phi) is 5.48. The van der Waals surface area contributed by atoms with Crippen molar-refractivity contribution in [1.29, 1.82) is 0 Å². The summed E-state index contributed by atoms with van der Waals surface area (Å²) in [7, 11) is 0. The van der Waals surface area contributed by atoms with Crippen molar-refractivity contribution in [2.75, 3.05) is 0 Å². The Morgan fingerprint density at radius 3 is 2.71 bits per heavy atom. The monoisotopic (exact) mass is 226 g/mol. The molecule has 1 unspecified atom stereocenters. The summed E-state index contributed by atoms with van der Waals surface area (Å²) in [6.07, 6.45) is 9.26. The van der Waals surface area contributed by atoms with Gasteiger partial charge in [0.25, 0.3) is 0 Å². The molecule has 0 N–H and O–H groups in total.